The Morgan fingerprint density at radius 3 is 1.18 bits per heavy atom. The van der Waals surface area contributed by atoms with Crippen LogP contribution in [-0.4, -0.2) is 197 Å². The average Bonchev–Trinajstić information content (AvgIpc) is 1.61. The van der Waals surface area contributed by atoms with Gasteiger partial charge in [-0.2, -0.15) is 23.4 Å². The Hall–Kier alpha value is -17.0. The second-order valence-corrected chi connectivity index (χ2v) is 33.3. The van der Waals surface area contributed by atoms with Crippen molar-refractivity contribution in [1.82, 2.24) is 91.2 Å². The van der Waals surface area contributed by atoms with E-state index in [9.17, 15) is 70.7 Å². The largest absolute Gasteiger partial charge is 0.497 e. The van der Waals surface area contributed by atoms with E-state index >= 15 is 0 Å². The van der Waals surface area contributed by atoms with Crippen molar-refractivity contribution in [2.45, 2.75) is 68.4 Å². The summed E-state index contributed by atoms with van der Waals surface area (Å²) in [6, 6.07) is 37.8. The zero-order valence-electron chi connectivity index (χ0n) is 72.2. The number of imide groups is 4. The molecule has 133 heavy (non-hydrogen) atoms. The molecule has 0 aliphatic carbocycles. The Bertz CT molecular complexity index is 7250. The minimum atomic E-state index is -4.63. The van der Waals surface area contributed by atoms with E-state index in [-0.39, 0.29) is 67.4 Å². The molecule has 8 aliphatic rings. The van der Waals surface area contributed by atoms with Crippen LogP contribution in [0.4, 0.5) is 32.3 Å². The van der Waals surface area contributed by atoms with Gasteiger partial charge in [0, 0.05) is 113 Å². The van der Waals surface area contributed by atoms with E-state index in [1.165, 1.54) is 73.3 Å². The number of aryl methyl sites for hydroxylation is 5. The number of thiophene rings is 1. The number of fused-ring (bicyclic) bond motifs is 8. The van der Waals surface area contributed by atoms with Crippen LogP contribution >= 0.6 is 11.3 Å². The molecule has 8 N–H and O–H groups in total. The lowest BCUT2D eigenvalue weighted by Crippen LogP contribution is -2.54. The minimum Gasteiger partial charge on any atom is -0.497 e. The Morgan fingerprint density at radius 2 is 0.797 bits per heavy atom. The lowest BCUT2D eigenvalue weighted by atomic mass is 9.98. The fraction of sp³-hybridized carbons (Fsp3) is 0.232. The third kappa shape index (κ3) is 17.0. The van der Waals surface area contributed by atoms with E-state index in [1.807, 2.05) is 106 Å². The number of ether oxygens (including phenoxy) is 4. The highest BCUT2D eigenvalue weighted by atomic mass is 32.1. The third-order valence-electron chi connectivity index (χ3n) is 23.5. The van der Waals surface area contributed by atoms with Crippen molar-refractivity contribution in [3.05, 3.63) is 241 Å². The first kappa shape index (κ1) is 88.0. The predicted molar refractivity (Wildman–Crippen MR) is 475 cm³/mol. The maximum absolute atomic E-state index is 13.2. The number of carbonyl (C=O) groups excluding carboxylic acids is 12. The van der Waals surface area contributed by atoms with Crippen molar-refractivity contribution in [3.63, 3.8) is 0 Å². The molecule has 8 aromatic carbocycles. The summed E-state index contributed by atoms with van der Waals surface area (Å²) in [6.07, 6.45) is -0.983. The van der Waals surface area contributed by atoms with Gasteiger partial charge in [0.2, 0.25) is 28.0 Å². The van der Waals surface area contributed by atoms with E-state index in [0.29, 0.717) is 81.6 Å². The van der Waals surface area contributed by atoms with Crippen molar-refractivity contribution in [2.24, 2.45) is 21.1 Å². The van der Waals surface area contributed by atoms with Gasteiger partial charge in [-0.15, -0.1) is 11.3 Å². The van der Waals surface area contributed by atoms with E-state index < -0.39 is 81.9 Å². The van der Waals surface area contributed by atoms with Crippen molar-refractivity contribution < 1.29 is 89.7 Å². The number of alkyl halides is 3. The summed E-state index contributed by atoms with van der Waals surface area (Å²) in [7, 11) is 11.0. The van der Waals surface area contributed by atoms with Crippen molar-refractivity contribution >= 4 is 126 Å². The number of benzene rings is 8. The van der Waals surface area contributed by atoms with E-state index in [0.717, 1.165) is 75.4 Å². The fourth-order valence-corrected chi connectivity index (χ4v) is 17.6. The van der Waals surface area contributed by atoms with Gasteiger partial charge in [0.25, 0.3) is 47.3 Å². The zero-order chi connectivity index (χ0) is 94.1. The molecule has 4 atom stereocenters. The first-order valence-electron chi connectivity index (χ1n) is 40.9. The summed E-state index contributed by atoms with van der Waals surface area (Å²) in [5.41, 5.74) is 5.32. The Balaban J connectivity index is 0.000000124. The number of rotatable bonds is 12. The molecule has 0 saturated carbocycles. The van der Waals surface area contributed by atoms with Crippen LogP contribution in [0.15, 0.2) is 157 Å². The molecule has 0 radical (unpaired) electrons. The molecule has 12 heterocycles. The molecule has 4 saturated heterocycles. The number of carbonyl (C=O) groups is 12. The molecule has 38 heteroatoms. The van der Waals surface area contributed by atoms with Crippen molar-refractivity contribution in [1.29, 1.82) is 0 Å². The maximum atomic E-state index is 13.2. The van der Waals surface area contributed by atoms with Crippen LogP contribution in [-0.2, 0) is 72.7 Å². The first-order valence-corrected chi connectivity index (χ1v) is 41.8. The predicted octanol–water partition coefficient (Wildman–Crippen LogP) is 7.63. The van der Waals surface area contributed by atoms with Crippen LogP contribution in [0.2, 0.25) is 0 Å². The molecule has 0 bridgehead atoms. The molecule has 0 spiro atoms. The van der Waals surface area contributed by atoms with Crippen LogP contribution in [0.1, 0.15) is 103 Å². The summed E-state index contributed by atoms with van der Waals surface area (Å²) >= 11 is 1.64. The first-order chi connectivity index (χ1) is 63.5. The zero-order valence-corrected chi connectivity index (χ0v) is 73.0. The number of hydrogen-bond acceptors (Lipinski definition) is 20. The number of nitrogens with zero attached hydrogens (tertiary/aromatic N) is 10. The average molecular weight is 1820 g/mol. The van der Waals surface area contributed by atoms with Crippen LogP contribution in [0.25, 0.3) is 42.9 Å². The van der Waals surface area contributed by atoms with Gasteiger partial charge >= 0.3 is 30.3 Å². The quantitative estimate of drug-likeness (QED) is 0.0430. The molecular formula is C95H77F3N18O16S. The number of nitrogens with one attached hydrogen (secondary N) is 8. The molecule has 20 rings (SSSR count). The van der Waals surface area contributed by atoms with E-state index in [4.69, 9.17) is 18.9 Å². The standard InChI is InChI=1S/C24H18F3N5O4.2C24H21N5O4.C23H17N3O4S/c1-31-18-9-13(3-6-17(18)28-20(31)24(25,26)27)7-8-23(21(34)29-22(35)30-23)12-32-11-14-4-5-15(36-2)10-16(14)19(32)33;1-14-8-15(9-17-11-28(2)27-20(14)17)6-7-24(22(31)25-23(32)26-24)13-29-12-16-4-5-18(33-3)10-19(16)21(29)30;1-14-8-15(9-17-11-25-28(2)20(14)17)6-7-24(22(31)26-23(32)27-24)13-29-12-16-4-5-18(33-3)10-19(16)21(29)30;1-30-17-4-3-16-12-26(20(27)18(16)11-17)13-23(21(28)24-22(29)25-23)8-6-14-2-5-19-15(10-14)7-9-31-19/h3-6,9-10H,11-12H2,1-2H3,(H2,29,30,34,35);4-5,8-11H,12-13H2,1-3H3,(H2,25,26,31,32);4-5,8-11H,12-13H2,1-3H3,(H2,26,27,31,32);2-5,7,9-11H,12-13H2,1H3,(H2,24,25,28,29)/t23-;2*24-;23-/m1111/s1. The van der Waals surface area contributed by atoms with E-state index in [2.05, 4.69) is 105 Å². The minimum absolute atomic E-state index is 0.0614. The van der Waals surface area contributed by atoms with Gasteiger partial charge in [0.05, 0.1) is 82.9 Å². The molecule has 670 valence electrons. The van der Waals surface area contributed by atoms with Gasteiger partial charge < -0.3 is 64.4 Å². The third-order valence-corrected chi connectivity index (χ3v) is 24.4. The molecule has 16 amide bonds. The molecule has 4 fully saturated rings. The smallest absolute Gasteiger partial charge is 0.449 e. The highest BCUT2D eigenvalue weighted by Gasteiger charge is 2.53. The van der Waals surface area contributed by atoms with Crippen molar-refractivity contribution in [2.75, 3.05) is 54.6 Å². The molecular weight excluding hydrogens is 1740 g/mol. The fourth-order valence-electron chi connectivity index (χ4n) is 16.9. The number of halogens is 3. The maximum Gasteiger partial charge on any atom is 0.449 e. The van der Waals surface area contributed by atoms with Gasteiger partial charge in [0.1, 0.15) is 23.0 Å². The second kappa shape index (κ2) is 34.2. The summed E-state index contributed by atoms with van der Waals surface area (Å²) in [5.74, 6) is 21.1. The van der Waals surface area contributed by atoms with Crippen LogP contribution < -0.4 is 61.5 Å². The monoisotopic (exact) mass is 1810 g/mol. The number of imidazole rings is 1. The van der Waals surface area contributed by atoms with E-state index in [1.54, 1.807) is 81.5 Å². The number of aromatic nitrogens is 6. The Kier molecular flexibility index (Phi) is 22.7. The molecule has 4 aromatic heterocycles. The lowest BCUT2D eigenvalue weighted by molar-refractivity contribution is -0.146. The molecule has 0 unspecified atom stereocenters. The number of urea groups is 4. The SMILES string of the molecule is COc1ccc2c(c1)C(=O)N(C[C@@]1(C#Cc3cc(C)c4c(cnn4C)c3)NC(=O)NC1=O)C2.COc1ccc2c(c1)C(=O)N(C[C@@]1(C#Cc3cc(C)c4nn(C)cc4c3)NC(=O)NC1=O)C2.COc1ccc2c(c1)C(=O)N(C[C@@]1(C#Cc3ccc4nc(C(F)(F)F)n(C)c4c3)NC(=O)NC1=O)C2.COc1ccc2c(c1)C(=O)N(C[C@@]1(C#Cc3ccc4sccc4c3)NC(=O)NC1=O)C2. The van der Waals surface area contributed by atoms with Crippen LogP contribution in [0.3, 0.4) is 0 Å². The van der Waals surface area contributed by atoms with Gasteiger partial charge in [-0.05, 0) is 173 Å². The highest BCUT2D eigenvalue weighted by Crippen LogP contribution is 2.37. The van der Waals surface area contributed by atoms with Gasteiger partial charge in [-0.25, -0.2) is 24.2 Å². The molecule has 12 aromatic rings. The number of amides is 16. The normalized spacial score (nSPS) is 19.3. The number of hydrogen-bond donors (Lipinski definition) is 8. The highest BCUT2D eigenvalue weighted by molar-refractivity contribution is 7.17. The van der Waals surface area contributed by atoms with Gasteiger partial charge in [-0.3, -0.25) is 69.0 Å². The van der Waals surface area contributed by atoms with Gasteiger partial charge in [-0.1, -0.05) is 71.6 Å². The topological polar surface area (TPSA) is 404 Å². The van der Waals surface area contributed by atoms with Crippen molar-refractivity contribution in [3.8, 4) is 70.4 Å². The summed E-state index contributed by atoms with van der Waals surface area (Å²) in [4.78, 5) is 161. The summed E-state index contributed by atoms with van der Waals surface area (Å²) in [6.45, 7) is 4.59. The summed E-state index contributed by atoms with van der Waals surface area (Å²) < 4.78 is 66.0. The summed E-state index contributed by atoms with van der Waals surface area (Å²) in [5, 5.41) is 32.9. The van der Waals surface area contributed by atoms with Gasteiger partial charge in [0.15, 0.2) is 0 Å². The molecule has 8 aliphatic heterocycles. The Labute approximate surface area is 758 Å². The Morgan fingerprint density at radius 1 is 0.429 bits per heavy atom. The lowest BCUT2D eigenvalue weighted by Gasteiger charge is -2.26. The van der Waals surface area contributed by atoms with Crippen LogP contribution in [0, 0.1) is 61.2 Å². The van der Waals surface area contributed by atoms with Crippen LogP contribution in [0.5, 0.6) is 23.0 Å². The number of methoxy groups -OCH3 is 4. The second-order valence-electron chi connectivity index (χ2n) is 32.4. The molecule has 34 nitrogen and oxygen atoms in total.